The molecule has 1 fully saturated rings. The largest absolute Gasteiger partial charge is 0.289 e. The zero-order valence-electron chi connectivity index (χ0n) is 15.7. The molecule has 0 aliphatic heterocycles. The Labute approximate surface area is 160 Å². The minimum Gasteiger partial charge on any atom is -0.289 e. The molecular formula is C21H21F2N3O2. The zero-order chi connectivity index (χ0) is 20.1. The van der Waals surface area contributed by atoms with Crippen LogP contribution in [0.25, 0.3) is 10.9 Å². The van der Waals surface area contributed by atoms with Gasteiger partial charge in [0, 0.05) is 12.4 Å². The summed E-state index contributed by atoms with van der Waals surface area (Å²) in [6.07, 6.45) is 2.82. The number of hydrogen-bond acceptors (Lipinski definition) is 3. The number of fused-ring (bicyclic) bond motifs is 1. The van der Waals surface area contributed by atoms with Gasteiger partial charge in [0.2, 0.25) is 0 Å². The van der Waals surface area contributed by atoms with Crippen molar-refractivity contribution >= 4 is 16.8 Å². The van der Waals surface area contributed by atoms with E-state index in [1.54, 1.807) is 43.8 Å². The fraction of sp³-hybridized carbons (Fsp3) is 0.333. The lowest BCUT2D eigenvalue weighted by molar-refractivity contribution is -0.135. The second-order valence-corrected chi connectivity index (χ2v) is 7.55. The molecule has 1 aliphatic carbocycles. The van der Waals surface area contributed by atoms with Crippen LogP contribution in [0.4, 0.5) is 8.78 Å². The first kappa shape index (κ1) is 18.6. The fourth-order valence-electron chi connectivity index (χ4n) is 4.67. The molecule has 0 saturated heterocycles. The normalized spacial score (nSPS) is 22.0. The maximum Gasteiger partial charge on any atom is 0.254 e. The highest BCUT2D eigenvalue weighted by atomic mass is 19.1. The van der Waals surface area contributed by atoms with Gasteiger partial charge in [0.25, 0.3) is 5.91 Å². The maximum atomic E-state index is 15.2. The van der Waals surface area contributed by atoms with Crippen LogP contribution in [0, 0.1) is 18.6 Å². The van der Waals surface area contributed by atoms with Crippen molar-refractivity contribution < 1.29 is 18.8 Å². The Bertz CT molecular complexity index is 1080. The SMILES string of the molecule is Cc1c(F)cccc1[C@]1(C(=O)NO)CC[C@@H](c2ccc3cnn(C)c3c2F)C1. The molecule has 2 aromatic carbocycles. The van der Waals surface area contributed by atoms with Crippen molar-refractivity contribution in [1.29, 1.82) is 0 Å². The number of carbonyl (C=O) groups is 1. The van der Waals surface area contributed by atoms with Gasteiger partial charge in [-0.25, -0.2) is 14.3 Å². The molecule has 28 heavy (non-hydrogen) atoms. The van der Waals surface area contributed by atoms with Gasteiger partial charge in [0.15, 0.2) is 5.82 Å². The highest BCUT2D eigenvalue weighted by Gasteiger charge is 2.48. The monoisotopic (exact) mass is 385 g/mol. The van der Waals surface area contributed by atoms with Crippen LogP contribution in [0.1, 0.15) is 41.9 Å². The smallest absolute Gasteiger partial charge is 0.254 e. The summed E-state index contributed by atoms with van der Waals surface area (Å²) in [5, 5.41) is 14.2. The predicted molar refractivity (Wildman–Crippen MR) is 100 cm³/mol. The van der Waals surface area contributed by atoms with Gasteiger partial charge in [0.1, 0.15) is 11.3 Å². The van der Waals surface area contributed by atoms with Gasteiger partial charge in [-0.3, -0.25) is 14.7 Å². The number of aryl methyl sites for hydroxylation is 1. The van der Waals surface area contributed by atoms with Gasteiger partial charge in [-0.15, -0.1) is 0 Å². The minimum atomic E-state index is -1.11. The number of nitrogens with zero attached hydrogens (tertiary/aromatic N) is 2. The summed E-state index contributed by atoms with van der Waals surface area (Å²) in [6, 6.07) is 8.15. The van der Waals surface area contributed by atoms with Crippen LogP contribution in [0.3, 0.4) is 0 Å². The third-order valence-corrected chi connectivity index (χ3v) is 6.14. The van der Waals surface area contributed by atoms with Crippen LogP contribution in [-0.4, -0.2) is 20.9 Å². The number of nitrogens with one attached hydrogen (secondary N) is 1. The number of aromatic nitrogens is 2. The van der Waals surface area contributed by atoms with E-state index in [1.807, 2.05) is 6.07 Å². The van der Waals surface area contributed by atoms with Crippen LogP contribution < -0.4 is 5.48 Å². The summed E-state index contributed by atoms with van der Waals surface area (Å²) in [6.45, 7) is 1.62. The highest BCUT2D eigenvalue weighted by Crippen LogP contribution is 2.50. The number of rotatable bonds is 3. The van der Waals surface area contributed by atoms with Gasteiger partial charge >= 0.3 is 0 Å². The number of benzene rings is 2. The van der Waals surface area contributed by atoms with E-state index in [4.69, 9.17) is 0 Å². The Balaban J connectivity index is 1.80. The first-order valence-corrected chi connectivity index (χ1v) is 9.19. The number of amides is 1. The second-order valence-electron chi connectivity index (χ2n) is 7.55. The Kier molecular flexibility index (Phi) is 4.42. The lowest BCUT2D eigenvalue weighted by atomic mass is 9.75. The summed E-state index contributed by atoms with van der Waals surface area (Å²) >= 11 is 0. The Morgan fingerprint density at radius 1 is 1.32 bits per heavy atom. The third-order valence-electron chi connectivity index (χ3n) is 6.14. The van der Waals surface area contributed by atoms with E-state index in [1.165, 1.54) is 10.7 Å². The minimum absolute atomic E-state index is 0.237. The van der Waals surface area contributed by atoms with E-state index in [0.29, 0.717) is 40.4 Å². The number of halogens is 2. The van der Waals surface area contributed by atoms with Gasteiger partial charge < -0.3 is 0 Å². The molecule has 0 spiro atoms. The van der Waals surface area contributed by atoms with Crippen LogP contribution in [0.2, 0.25) is 0 Å². The summed E-state index contributed by atoms with van der Waals surface area (Å²) in [5.74, 6) is -1.59. The van der Waals surface area contributed by atoms with Gasteiger partial charge in [-0.2, -0.15) is 5.10 Å². The average Bonchev–Trinajstić information content (AvgIpc) is 3.29. The summed E-state index contributed by atoms with van der Waals surface area (Å²) < 4.78 is 30.9. The molecule has 1 saturated carbocycles. The number of hydroxylamine groups is 1. The standard InChI is InChI=1S/C21H21F2N3O2/c1-12-16(4-3-5-17(12)22)21(20(27)25-28)9-8-13(10-21)15-7-6-14-11-24-26(2)19(14)18(15)23/h3-7,11,13,28H,8-10H2,1-2H3,(H,25,27)/t13-,21+/m1/s1. The molecule has 2 atom stereocenters. The lowest BCUT2D eigenvalue weighted by Gasteiger charge is -2.29. The van der Waals surface area contributed by atoms with Crippen molar-refractivity contribution in [3.63, 3.8) is 0 Å². The van der Waals surface area contributed by atoms with E-state index in [-0.39, 0.29) is 18.2 Å². The molecule has 2 N–H and O–H groups in total. The van der Waals surface area contributed by atoms with E-state index in [0.717, 1.165) is 0 Å². The molecule has 146 valence electrons. The van der Waals surface area contributed by atoms with Crippen molar-refractivity contribution in [3.8, 4) is 0 Å². The van der Waals surface area contributed by atoms with E-state index in [2.05, 4.69) is 5.10 Å². The predicted octanol–water partition coefficient (Wildman–Crippen LogP) is 3.87. The first-order chi connectivity index (χ1) is 13.4. The average molecular weight is 385 g/mol. The molecule has 0 unspecified atom stereocenters. The van der Waals surface area contributed by atoms with Crippen LogP contribution >= 0.6 is 0 Å². The molecule has 4 rings (SSSR count). The molecule has 0 bridgehead atoms. The van der Waals surface area contributed by atoms with Crippen molar-refractivity contribution in [2.24, 2.45) is 7.05 Å². The molecule has 1 amide bonds. The molecule has 3 aromatic rings. The molecule has 7 heteroatoms. The van der Waals surface area contributed by atoms with Crippen LogP contribution in [0.15, 0.2) is 36.5 Å². The van der Waals surface area contributed by atoms with Crippen molar-refractivity contribution in [2.75, 3.05) is 0 Å². The van der Waals surface area contributed by atoms with Gasteiger partial charge in [-0.05, 0) is 54.9 Å². The Hall–Kier alpha value is -2.80. The molecule has 1 heterocycles. The third kappa shape index (κ3) is 2.61. The quantitative estimate of drug-likeness (QED) is 0.531. The number of hydrogen-bond donors (Lipinski definition) is 2. The summed E-state index contributed by atoms with van der Waals surface area (Å²) in [5.41, 5.74) is 2.47. The fourth-order valence-corrected chi connectivity index (χ4v) is 4.67. The summed E-state index contributed by atoms with van der Waals surface area (Å²) in [4.78, 5) is 12.7. The number of carbonyl (C=O) groups excluding carboxylic acids is 1. The second kappa shape index (κ2) is 6.67. The molecule has 0 radical (unpaired) electrons. The zero-order valence-corrected chi connectivity index (χ0v) is 15.7. The molecule has 1 aromatic heterocycles. The van der Waals surface area contributed by atoms with Crippen LogP contribution in [0.5, 0.6) is 0 Å². The van der Waals surface area contributed by atoms with Crippen molar-refractivity contribution in [3.05, 3.63) is 64.9 Å². The molecule has 5 nitrogen and oxygen atoms in total. The van der Waals surface area contributed by atoms with Crippen molar-refractivity contribution in [1.82, 2.24) is 15.3 Å². The molecule has 1 aliphatic rings. The summed E-state index contributed by atoms with van der Waals surface area (Å²) in [7, 11) is 1.68. The maximum absolute atomic E-state index is 15.2. The molecular weight excluding hydrogens is 364 g/mol. The van der Waals surface area contributed by atoms with E-state index >= 15 is 4.39 Å². The lowest BCUT2D eigenvalue weighted by Crippen LogP contribution is -2.42. The van der Waals surface area contributed by atoms with E-state index in [9.17, 15) is 14.4 Å². The van der Waals surface area contributed by atoms with Crippen LogP contribution in [-0.2, 0) is 17.3 Å². The van der Waals surface area contributed by atoms with Gasteiger partial charge in [0.05, 0.1) is 11.6 Å². The first-order valence-electron chi connectivity index (χ1n) is 9.19. The Morgan fingerprint density at radius 3 is 2.86 bits per heavy atom. The topological polar surface area (TPSA) is 67.2 Å². The Morgan fingerprint density at radius 2 is 2.11 bits per heavy atom. The van der Waals surface area contributed by atoms with E-state index < -0.39 is 17.1 Å². The van der Waals surface area contributed by atoms with Crippen molar-refractivity contribution in [2.45, 2.75) is 37.5 Å². The highest BCUT2D eigenvalue weighted by molar-refractivity contribution is 5.88. The van der Waals surface area contributed by atoms with Gasteiger partial charge in [-0.1, -0.05) is 24.3 Å².